The summed E-state index contributed by atoms with van der Waals surface area (Å²) in [5, 5.41) is 0. The number of amides is 2. The minimum Gasteiger partial charge on any atom is -0.441 e. The second-order valence-electron chi connectivity index (χ2n) is 7.83. The van der Waals surface area contributed by atoms with E-state index >= 15 is 0 Å². The minimum absolute atomic E-state index is 0.0644. The highest BCUT2D eigenvalue weighted by atomic mass is 32.2. The maximum atomic E-state index is 13.6. The van der Waals surface area contributed by atoms with Gasteiger partial charge in [0.2, 0.25) is 5.89 Å². The summed E-state index contributed by atoms with van der Waals surface area (Å²) in [6, 6.07) is 22.1. The molecule has 8 heteroatoms. The third-order valence-corrected chi connectivity index (χ3v) is 7.32. The zero-order valence-corrected chi connectivity index (χ0v) is 18.9. The topological polar surface area (TPSA) is 83.7 Å². The summed E-state index contributed by atoms with van der Waals surface area (Å²) in [5.74, 6) is 1.01. The molecular weight excluding hydrogens is 438 g/mol. The van der Waals surface area contributed by atoms with E-state index in [1.807, 2.05) is 37.3 Å². The van der Waals surface area contributed by atoms with Crippen molar-refractivity contribution in [3.8, 4) is 11.5 Å². The van der Waals surface area contributed by atoms with Crippen LogP contribution in [0.4, 0.5) is 16.2 Å². The fourth-order valence-electron chi connectivity index (χ4n) is 3.82. The Morgan fingerprint density at radius 1 is 0.879 bits per heavy atom. The van der Waals surface area contributed by atoms with Crippen LogP contribution in [0, 0.1) is 13.8 Å². The molecule has 2 heterocycles. The van der Waals surface area contributed by atoms with Crippen molar-refractivity contribution >= 4 is 27.4 Å². The molecule has 0 radical (unpaired) electrons. The molecule has 33 heavy (non-hydrogen) atoms. The number of oxazole rings is 1. The summed E-state index contributed by atoms with van der Waals surface area (Å²) in [6.07, 6.45) is 0. The summed E-state index contributed by atoms with van der Waals surface area (Å²) in [5.41, 5.74) is 2.94. The van der Waals surface area contributed by atoms with E-state index in [1.54, 1.807) is 49.4 Å². The van der Waals surface area contributed by atoms with Crippen molar-refractivity contribution in [3.63, 3.8) is 0 Å². The first-order valence-corrected chi connectivity index (χ1v) is 11.8. The Bertz CT molecular complexity index is 1440. The van der Waals surface area contributed by atoms with Gasteiger partial charge in [-0.2, -0.15) is 4.31 Å². The summed E-state index contributed by atoms with van der Waals surface area (Å²) in [4.78, 5) is 19.7. The van der Waals surface area contributed by atoms with E-state index in [9.17, 15) is 13.2 Å². The third kappa shape index (κ3) is 3.58. The van der Waals surface area contributed by atoms with Crippen LogP contribution in [0.25, 0.3) is 11.5 Å². The van der Waals surface area contributed by atoms with Crippen LogP contribution >= 0.6 is 0 Å². The molecule has 3 aromatic carbocycles. The van der Waals surface area contributed by atoms with E-state index in [4.69, 9.17) is 4.42 Å². The van der Waals surface area contributed by atoms with Gasteiger partial charge in [-0.05, 0) is 50.2 Å². The van der Waals surface area contributed by atoms with E-state index in [0.29, 0.717) is 23.0 Å². The van der Waals surface area contributed by atoms with Gasteiger partial charge < -0.3 is 4.42 Å². The molecule has 0 aliphatic carbocycles. The molecule has 1 aromatic heterocycles. The second kappa shape index (κ2) is 7.90. The molecule has 0 saturated heterocycles. The lowest BCUT2D eigenvalue weighted by Gasteiger charge is -2.36. The molecule has 7 nitrogen and oxygen atoms in total. The fourth-order valence-corrected chi connectivity index (χ4v) is 5.42. The van der Waals surface area contributed by atoms with E-state index in [0.717, 1.165) is 15.4 Å². The number of urea groups is 1. The molecule has 0 bridgehead atoms. The second-order valence-corrected chi connectivity index (χ2v) is 9.58. The molecule has 0 unspecified atom stereocenters. The summed E-state index contributed by atoms with van der Waals surface area (Å²) in [7, 11) is -4.07. The molecule has 1 aliphatic rings. The SMILES string of the molecule is Cc1ccc(N2C(=O)N(Cc3nc(-c4ccccc4)oc3C)c3ccccc3S2(=O)=O)cc1. The predicted molar refractivity (Wildman–Crippen MR) is 126 cm³/mol. The molecule has 0 spiro atoms. The number of aromatic nitrogens is 1. The lowest BCUT2D eigenvalue weighted by molar-refractivity contribution is 0.253. The number of anilines is 2. The maximum Gasteiger partial charge on any atom is 0.343 e. The molecule has 0 saturated carbocycles. The van der Waals surface area contributed by atoms with Gasteiger partial charge in [-0.3, -0.25) is 4.90 Å². The highest BCUT2D eigenvalue weighted by Gasteiger charge is 2.42. The van der Waals surface area contributed by atoms with Crippen molar-refractivity contribution in [1.29, 1.82) is 0 Å². The number of carbonyl (C=O) groups excluding carboxylic acids is 1. The molecule has 0 N–H and O–H groups in total. The van der Waals surface area contributed by atoms with Gasteiger partial charge in [0.25, 0.3) is 10.0 Å². The van der Waals surface area contributed by atoms with Gasteiger partial charge in [0.05, 0.1) is 17.9 Å². The number of aryl methyl sites for hydroxylation is 2. The number of benzene rings is 3. The average Bonchev–Trinajstić information content (AvgIpc) is 3.19. The quantitative estimate of drug-likeness (QED) is 0.414. The first kappa shape index (κ1) is 21.0. The van der Waals surface area contributed by atoms with Crippen molar-refractivity contribution < 1.29 is 17.6 Å². The molecule has 0 atom stereocenters. The Morgan fingerprint density at radius 3 is 2.27 bits per heavy atom. The minimum atomic E-state index is -4.07. The predicted octanol–water partition coefficient (Wildman–Crippen LogP) is 5.29. The maximum absolute atomic E-state index is 13.6. The number of hydrogen-bond donors (Lipinski definition) is 0. The van der Waals surface area contributed by atoms with Crippen LogP contribution in [-0.2, 0) is 16.6 Å². The van der Waals surface area contributed by atoms with Gasteiger partial charge >= 0.3 is 6.03 Å². The Labute approximate surface area is 192 Å². The van der Waals surface area contributed by atoms with Crippen LogP contribution in [-0.4, -0.2) is 19.4 Å². The van der Waals surface area contributed by atoms with Gasteiger partial charge in [-0.15, -0.1) is 0 Å². The zero-order valence-electron chi connectivity index (χ0n) is 18.1. The number of nitrogens with zero attached hydrogens (tertiary/aromatic N) is 3. The number of sulfonamides is 1. The Balaban J connectivity index is 1.59. The van der Waals surface area contributed by atoms with Gasteiger partial charge in [-0.25, -0.2) is 18.2 Å². The lowest BCUT2D eigenvalue weighted by atomic mass is 10.2. The number of fused-ring (bicyclic) bond motifs is 1. The Hall–Kier alpha value is -3.91. The first-order chi connectivity index (χ1) is 15.9. The fraction of sp³-hybridized carbons (Fsp3) is 0.120. The van der Waals surface area contributed by atoms with Crippen molar-refractivity contribution in [2.75, 3.05) is 9.21 Å². The van der Waals surface area contributed by atoms with E-state index in [1.165, 1.54) is 11.0 Å². The number of para-hydroxylation sites is 1. The zero-order chi connectivity index (χ0) is 23.2. The van der Waals surface area contributed by atoms with E-state index in [2.05, 4.69) is 4.98 Å². The Kier molecular flexibility index (Phi) is 5.02. The van der Waals surface area contributed by atoms with Crippen LogP contribution in [0.5, 0.6) is 0 Å². The highest BCUT2D eigenvalue weighted by molar-refractivity contribution is 7.94. The summed E-state index contributed by atoms with van der Waals surface area (Å²) in [6.45, 7) is 3.75. The molecule has 5 rings (SSSR count). The molecule has 166 valence electrons. The van der Waals surface area contributed by atoms with Crippen LogP contribution in [0.1, 0.15) is 17.0 Å². The van der Waals surface area contributed by atoms with E-state index in [-0.39, 0.29) is 17.1 Å². The standard InChI is InChI=1S/C25H21N3O4S/c1-17-12-14-20(15-13-17)28-25(29)27(22-10-6-7-11-23(22)33(28,30)31)16-21-18(2)32-24(26-21)19-8-4-3-5-9-19/h3-15H,16H2,1-2H3. The first-order valence-electron chi connectivity index (χ1n) is 10.4. The van der Waals surface area contributed by atoms with Crippen molar-refractivity contribution in [2.45, 2.75) is 25.3 Å². The van der Waals surface area contributed by atoms with Crippen molar-refractivity contribution in [1.82, 2.24) is 4.98 Å². The lowest BCUT2D eigenvalue weighted by Crippen LogP contribution is -2.50. The van der Waals surface area contributed by atoms with E-state index < -0.39 is 16.1 Å². The largest absolute Gasteiger partial charge is 0.441 e. The van der Waals surface area contributed by atoms with Gasteiger partial charge in [0.15, 0.2) is 0 Å². The van der Waals surface area contributed by atoms with Crippen molar-refractivity contribution in [3.05, 3.63) is 95.9 Å². The third-order valence-electron chi connectivity index (χ3n) is 5.57. The molecule has 1 aliphatic heterocycles. The summed E-state index contributed by atoms with van der Waals surface area (Å²) < 4.78 is 33.5. The van der Waals surface area contributed by atoms with Gasteiger partial charge in [0.1, 0.15) is 16.3 Å². The summed E-state index contributed by atoms with van der Waals surface area (Å²) >= 11 is 0. The number of carbonyl (C=O) groups is 1. The molecular formula is C25H21N3O4S. The van der Waals surface area contributed by atoms with Crippen LogP contribution in [0.3, 0.4) is 0 Å². The smallest absolute Gasteiger partial charge is 0.343 e. The highest BCUT2D eigenvalue weighted by Crippen LogP contribution is 2.38. The Morgan fingerprint density at radius 2 is 1.55 bits per heavy atom. The molecule has 4 aromatic rings. The van der Waals surface area contributed by atoms with Gasteiger partial charge in [-0.1, -0.05) is 48.0 Å². The number of rotatable bonds is 4. The average molecular weight is 460 g/mol. The molecule has 0 fully saturated rings. The van der Waals surface area contributed by atoms with Crippen molar-refractivity contribution in [2.24, 2.45) is 0 Å². The van der Waals surface area contributed by atoms with Crippen LogP contribution < -0.4 is 9.21 Å². The monoisotopic (exact) mass is 459 g/mol. The van der Waals surface area contributed by atoms with Crippen LogP contribution in [0.2, 0.25) is 0 Å². The number of hydrogen-bond acceptors (Lipinski definition) is 5. The van der Waals surface area contributed by atoms with Gasteiger partial charge in [0, 0.05) is 5.56 Å². The molecule has 2 amide bonds. The normalized spacial score (nSPS) is 14.9. The van der Waals surface area contributed by atoms with Crippen LogP contribution in [0.15, 0.2) is 88.2 Å².